The summed E-state index contributed by atoms with van der Waals surface area (Å²) in [6, 6.07) is 7.89. The molecule has 5 heteroatoms. The molecule has 5 nitrogen and oxygen atoms in total. The highest BCUT2D eigenvalue weighted by Crippen LogP contribution is 2.22. The van der Waals surface area contributed by atoms with Gasteiger partial charge in [-0.1, -0.05) is 46.8 Å². The Morgan fingerprint density at radius 1 is 1.11 bits per heavy atom. The van der Waals surface area contributed by atoms with Crippen LogP contribution in [-0.4, -0.2) is 60.9 Å². The highest BCUT2D eigenvalue weighted by atomic mass is 16.2. The standard InChI is InChI=1S/C22H35N3O2/c1-17(2)16-25(13-10-20(26)24-14-11-23-12-15-24)21(27)18-6-8-19(9-7-18)22(3,4)5/h6-9,17,23H,10-16H2,1-5H3. The summed E-state index contributed by atoms with van der Waals surface area (Å²) in [6.07, 6.45) is 0.387. The molecule has 1 aromatic carbocycles. The molecule has 0 aromatic heterocycles. The Morgan fingerprint density at radius 3 is 2.22 bits per heavy atom. The zero-order chi connectivity index (χ0) is 20.0. The quantitative estimate of drug-likeness (QED) is 0.834. The van der Waals surface area contributed by atoms with E-state index in [2.05, 4.69) is 39.9 Å². The van der Waals surface area contributed by atoms with E-state index in [1.807, 2.05) is 34.1 Å². The Labute approximate surface area is 164 Å². The summed E-state index contributed by atoms with van der Waals surface area (Å²) in [5, 5.41) is 3.26. The number of carbonyl (C=O) groups excluding carboxylic acids is 2. The van der Waals surface area contributed by atoms with E-state index < -0.39 is 0 Å². The van der Waals surface area contributed by atoms with E-state index in [1.54, 1.807) is 0 Å². The smallest absolute Gasteiger partial charge is 0.253 e. The van der Waals surface area contributed by atoms with Crippen LogP contribution in [0.25, 0.3) is 0 Å². The molecule has 27 heavy (non-hydrogen) atoms. The number of carbonyl (C=O) groups is 2. The second kappa shape index (κ2) is 9.36. The van der Waals surface area contributed by atoms with Crippen LogP contribution in [0.4, 0.5) is 0 Å². The normalized spacial score (nSPS) is 15.1. The summed E-state index contributed by atoms with van der Waals surface area (Å²) in [5.41, 5.74) is 1.97. The fourth-order valence-corrected chi connectivity index (χ4v) is 3.31. The van der Waals surface area contributed by atoms with Crippen molar-refractivity contribution < 1.29 is 9.59 Å². The van der Waals surface area contributed by atoms with Gasteiger partial charge in [-0.25, -0.2) is 0 Å². The highest BCUT2D eigenvalue weighted by Gasteiger charge is 2.22. The van der Waals surface area contributed by atoms with Gasteiger partial charge in [-0.15, -0.1) is 0 Å². The van der Waals surface area contributed by atoms with Gasteiger partial charge in [-0.2, -0.15) is 0 Å². The average molecular weight is 374 g/mol. The molecule has 0 aliphatic carbocycles. The van der Waals surface area contributed by atoms with Crippen LogP contribution in [0.15, 0.2) is 24.3 Å². The van der Waals surface area contributed by atoms with Gasteiger partial charge in [0.1, 0.15) is 0 Å². The molecule has 1 saturated heterocycles. The number of amides is 2. The minimum atomic E-state index is 0.0114. The topological polar surface area (TPSA) is 52.7 Å². The minimum Gasteiger partial charge on any atom is -0.340 e. The molecule has 0 atom stereocenters. The number of rotatable bonds is 6. The fourth-order valence-electron chi connectivity index (χ4n) is 3.31. The van der Waals surface area contributed by atoms with Crippen LogP contribution < -0.4 is 5.32 Å². The second-order valence-electron chi connectivity index (χ2n) is 8.85. The summed E-state index contributed by atoms with van der Waals surface area (Å²) in [6.45, 7) is 15.0. The van der Waals surface area contributed by atoms with Crippen molar-refractivity contribution in [2.75, 3.05) is 39.3 Å². The van der Waals surface area contributed by atoms with Crippen LogP contribution in [0, 0.1) is 5.92 Å². The molecule has 1 aromatic rings. The largest absolute Gasteiger partial charge is 0.340 e. The summed E-state index contributed by atoms with van der Waals surface area (Å²) in [5.74, 6) is 0.510. The number of piperazine rings is 1. The number of hydrogen-bond acceptors (Lipinski definition) is 3. The molecule has 0 unspecified atom stereocenters. The Bertz CT molecular complexity index is 626. The number of nitrogens with one attached hydrogen (secondary N) is 1. The van der Waals surface area contributed by atoms with Gasteiger partial charge in [0.05, 0.1) is 0 Å². The summed E-state index contributed by atoms with van der Waals surface area (Å²) in [4.78, 5) is 29.2. The number of benzene rings is 1. The van der Waals surface area contributed by atoms with Crippen LogP contribution in [0.3, 0.4) is 0 Å². The first-order valence-electron chi connectivity index (χ1n) is 10.1. The van der Waals surface area contributed by atoms with Gasteiger partial charge in [0.25, 0.3) is 5.91 Å². The number of hydrogen-bond donors (Lipinski definition) is 1. The van der Waals surface area contributed by atoms with Crippen molar-refractivity contribution in [2.24, 2.45) is 5.92 Å². The molecule has 0 saturated carbocycles. The Kier molecular flexibility index (Phi) is 7.42. The molecule has 2 amide bonds. The molecule has 150 valence electrons. The molecule has 1 fully saturated rings. The Hall–Kier alpha value is -1.88. The molecule has 0 radical (unpaired) electrons. The monoisotopic (exact) mass is 373 g/mol. The maximum atomic E-state index is 13.0. The lowest BCUT2D eigenvalue weighted by Crippen LogP contribution is -2.47. The summed E-state index contributed by atoms with van der Waals surface area (Å²) in [7, 11) is 0. The molecule has 2 rings (SSSR count). The fraction of sp³-hybridized carbons (Fsp3) is 0.636. The SMILES string of the molecule is CC(C)CN(CCC(=O)N1CCNCC1)C(=O)c1ccc(C(C)(C)C)cc1. The molecule has 1 aliphatic rings. The average Bonchev–Trinajstić information content (AvgIpc) is 2.64. The van der Waals surface area contributed by atoms with Gasteiger partial charge in [-0.3, -0.25) is 9.59 Å². The Morgan fingerprint density at radius 2 is 1.70 bits per heavy atom. The Balaban J connectivity index is 2.03. The minimum absolute atomic E-state index is 0.0114. The zero-order valence-corrected chi connectivity index (χ0v) is 17.5. The lowest BCUT2D eigenvalue weighted by molar-refractivity contribution is -0.132. The van der Waals surface area contributed by atoms with E-state index >= 15 is 0 Å². The van der Waals surface area contributed by atoms with E-state index in [0.29, 0.717) is 31.0 Å². The van der Waals surface area contributed by atoms with Crippen molar-refractivity contribution in [1.82, 2.24) is 15.1 Å². The van der Waals surface area contributed by atoms with Crippen LogP contribution in [-0.2, 0) is 10.2 Å². The van der Waals surface area contributed by atoms with E-state index in [0.717, 1.165) is 26.2 Å². The third-order valence-corrected chi connectivity index (χ3v) is 4.94. The van der Waals surface area contributed by atoms with Gasteiger partial charge in [0.2, 0.25) is 5.91 Å². The predicted octanol–water partition coefficient (Wildman–Crippen LogP) is 2.90. The van der Waals surface area contributed by atoms with Crippen LogP contribution in [0.1, 0.15) is 57.0 Å². The molecule has 0 spiro atoms. The first kappa shape index (κ1) is 21.4. The molecule has 1 heterocycles. The maximum absolute atomic E-state index is 13.0. The predicted molar refractivity (Wildman–Crippen MR) is 110 cm³/mol. The molecule has 1 aliphatic heterocycles. The van der Waals surface area contributed by atoms with E-state index in [-0.39, 0.29) is 17.2 Å². The first-order valence-corrected chi connectivity index (χ1v) is 10.1. The van der Waals surface area contributed by atoms with Crippen LogP contribution in [0.2, 0.25) is 0 Å². The van der Waals surface area contributed by atoms with Crippen molar-refractivity contribution in [2.45, 2.75) is 46.5 Å². The van der Waals surface area contributed by atoms with E-state index in [9.17, 15) is 9.59 Å². The van der Waals surface area contributed by atoms with E-state index in [1.165, 1.54) is 5.56 Å². The summed E-state index contributed by atoms with van der Waals surface area (Å²) < 4.78 is 0. The van der Waals surface area contributed by atoms with Crippen molar-refractivity contribution in [3.05, 3.63) is 35.4 Å². The highest BCUT2D eigenvalue weighted by molar-refractivity contribution is 5.94. The second-order valence-corrected chi connectivity index (χ2v) is 8.85. The lowest BCUT2D eigenvalue weighted by atomic mass is 9.86. The van der Waals surface area contributed by atoms with Crippen LogP contribution in [0.5, 0.6) is 0 Å². The number of nitrogens with zero attached hydrogens (tertiary/aromatic N) is 2. The molecular formula is C22H35N3O2. The molecular weight excluding hydrogens is 338 g/mol. The maximum Gasteiger partial charge on any atom is 0.253 e. The zero-order valence-electron chi connectivity index (χ0n) is 17.5. The summed E-state index contributed by atoms with van der Waals surface area (Å²) >= 11 is 0. The first-order chi connectivity index (χ1) is 12.7. The van der Waals surface area contributed by atoms with Crippen molar-refractivity contribution >= 4 is 11.8 Å². The van der Waals surface area contributed by atoms with E-state index in [4.69, 9.17) is 0 Å². The lowest BCUT2D eigenvalue weighted by Gasteiger charge is -2.29. The van der Waals surface area contributed by atoms with Gasteiger partial charge < -0.3 is 15.1 Å². The molecule has 0 bridgehead atoms. The van der Waals surface area contributed by atoms with Crippen molar-refractivity contribution in [3.8, 4) is 0 Å². The van der Waals surface area contributed by atoms with Gasteiger partial charge in [0, 0.05) is 51.3 Å². The van der Waals surface area contributed by atoms with Crippen molar-refractivity contribution in [3.63, 3.8) is 0 Å². The van der Waals surface area contributed by atoms with Gasteiger partial charge in [-0.05, 0) is 29.0 Å². The third-order valence-electron chi connectivity index (χ3n) is 4.94. The van der Waals surface area contributed by atoms with Crippen LogP contribution >= 0.6 is 0 Å². The third kappa shape index (κ3) is 6.35. The van der Waals surface area contributed by atoms with Gasteiger partial charge >= 0.3 is 0 Å². The van der Waals surface area contributed by atoms with Gasteiger partial charge in [0.15, 0.2) is 0 Å². The van der Waals surface area contributed by atoms with Crippen molar-refractivity contribution in [1.29, 1.82) is 0 Å². The molecule has 1 N–H and O–H groups in total.